The second-order valence-electron chi connectivity index (χ2n) is 4.37. The Kier molecular flexibility index (Phi) is 3.83. The number of aryl methyl sites for hydroxylation is 1. The summed E-state index contributed by atoms with van der Waals surface area (Å²) in [7, 11) is 0. The standard InChI is InChI=1S/C14H10Cl3N3/c15-11-2-1-3-12(16)10(11)5-4-9-8-13(17)20-14(19-9)6-7-18-20/h1-3,6-8H,4-5H2. The number of hydrogen-bond donors (Lipinski definition) is 0. The van der Waals surface area contributed by atoms with Crippen LogP contribution < -0.4 is 0 Å². The van der Waals surface area contributed by atoms with Crippen molar-refractivity contribution in [1.29, 1.82) is 0 Å². The Bertz CT molecular complexity index is 747. The third kappa shape index (κ3) is 2.62. The van der Waals surface area contributed by atoms with Gasteiger partial charge in [0, 0.05) is 21.8 Å². The van der Waals surface area contributed by atoms with E-state index in [0.717, 1.165) is 16.9 Å². The molecule has 2 heterocycles. The number of nitrogens with zero attached hydrogens (tertiary/aromatic N) is 3. The van der Waals surface area contributed by atoms with Crippen molar-refractivity contribution in [3.8, 4) is 0 Å². The summed E-state index contributed by atoms with van der Waals surface area (Å²) in [4.78, 5) is 4.50. The summed E-state index contributed by atoms with van der Waals surface area (Å²) < 4.78 is 1.59. The van der Waals surface area contributed by atoms with Crippen LogP contribution in [0, 0.1) is 0 Å². The van der Waals surface area contributed by atoms with E-state index in [4.69, 9.17) is 34.8 Å². The van der Waals surface area contributed by atoms with Gasteiger partial charge in [-0.3, -0.25) is 0 Å². The van der Waals surface area contributed by atoms with Crippen LogP contribution in [0.4, 0.5) is 0 Å². The fraction of sp³-hybridized carbons (Fsp3) is 0.143. The van der Waals surface area contributed by atoms with E-state index >= 15 is 0 Å². The number of benzene rings is 1. The molecular formula is C14H10Cl3N3. The van der Waals surface area contributed by atoms with E-state index in [1.807, 2.05) is 30.3 Å². The highest BCUT2D eigenvalue weighted by atomic mass is 35.5. The molecular weight excluding hydrogens is 317 g/mol. The van der Waals surface area contributed by atoms with Crippen LogP contribution in [0.5, 0.6) is 0 Å². The molecule has 3 rings (SSSR count). The molecule has 0 bridgehead atoms. The van der Waals surface area contributed by atoms with Crippen molar-refractivity contribution >= 4 is 40.4 Å². The van der Waals surface area contributed by atoms with Gasteiger partial charge in [0.1, 0.15) is 5.15 Å². The van der Waals surface area contributed by atoms with Gasteiger partial charge in [-0.05, 0) is 36.6 Å². The van der Waals surface area contributed by atoms with E-state index in [9.17, 15) is 0 Å². The summed E-state index contributed by atoms with van der Waals surface area (Å²) in [5.74, 6) is 0. The monoisotopic (exact) mass is 325 g/mol. The van der Waals surface area contributed by atoms with E-state index in [-0.39, 0.29) is 0 Å². The van der Waals surface area contributed by atoms with Crippen molar-refractivity contribution < 1.29 is 0 Å². The molecule has 20 heavy (non-hydrogen) atoms. The predicted octanol–water partition coefficient (Wildman–Crippen LogP) is 4.47. The zero-order chi connectivity index (χ0) is 14.1. The number of rotatable bonds is 3. The largest absolute Gasteiger partial charge is 0.233 e. The Hall–Kier alpha value is -1.29. The van der Waals surface area contributed by atoms with Gasteiger partial charge >= 0.3 is 0 Å². The summed E-state index contributed by atoms with van der Waals surface area (Å²) in [5.41, 5.74) is 2.55. The number of aromatic nitrogens is 3. The minimum atomic E-state index is 0.542. The van der Waals surface area contributed by atoms with Crippen molar-refractivity contribution in [1.82, 2.24) is 14.6 Å². The maximum Gasteiger partial charge on any atom is 0.156 e. The Morgan fingerprint density at radius 2 is 1.75 bits per heavy atom. The van der Waals surface area contributed by atoms with Gasteiger partial charge in [-0.15, -0.1) is 0 Å². The van der Waals surface area contributed by atoms with Crippen molar-refractivity contribution in [2.24, 2.45) is 0 Å². The molecule has 0 fully saturated rings. The zero-order valence-electron chi connectivity index (χ0n) is 10.4. The SMILES string of the molecule is Clc1cccc(Cl)c1CCc1cc(Cl)n2nccc2n1. The second-order valence-corrected chi connectivity index (χ2v) is 5.57. The van der Waals surface area contributed by atoms with Crippen LogP contribution in [0.1, 0.15) is 11.3 Å². The van der Waals surface area contributed by atoms with Gasteiger partial charge in [-0.2, -0.15) is 5.10 Å². The van der Waals surface area contributed by atoms with Crippen LogP contribution in [-0.2, 0) is 12.8 Å². The zero-order valence-corrected chi connectivity index (χ0v) is 12.6. The Balaban J connectivity index is 1.87. The van der Waals surface area contributed by atoms with Gasteiger partial charge in [0.05, 0.1) is 6.20 Å². The maximum absolute atomic E-state index is 6.16. The summed E-state index contributed by atoms with van der Waals surface area (Å²) in [5, 5.41) is 5.98. The molecule has 0 N–H and O–H groups in total. The topological polar surface area (TPSA) is 30.2 Å². The van der Waals surface area contributed by atoms with Crippen LogP contribution in [0.2, 0.25) is 15.2 Å². The number of hydrogen-bond acceptors (Lipinski definition) is 2. The minimum Gasteiger partial charge on any atom is -0.233 e. The van der Waals surface area contributed by atoms with Crippen LogP contribution >= 0.6 is 34.8 Å². The fourth-order valence-corrected chi connectivity index (χ4v) is 2.92. The van der Waals surface area contributed by atoms with Crippen LogP contribution in [0.3, 0.4) is 0 Å². The lowest BCUT2D eigenvalue weighted by atomic mass is 10.1. The molecule has 0 aliphatic heterocycles. The summed E-state index contributed by atoms with van der Waals surface area (Å²) >= 11 is 18.5. The highest BCUT2D eigenvalue weighted by Gasteiger charge is 2.08. The lowest BCUT2D eigenvalue weighted by Crippen LogP contribution is -2.00. The average molecular weight is 327 g/mol. The predicted molar refractivity (Wildman–Crippen MR) is 81.9 cm³/mol. The van der Waals surface area contributed by atoms with Crippen LogP contribution in [0.25, 0.3) is 5.65 Å². The lowest BCUT2D eigenvalue weighted by Gasteiger charge is -2.07. The van der Waals surface area contributed by atoms with Gasteiger partial charge in [0.2, 0.25) is 0 Å². The van der Waals surface area contributed by atoms with E-state index in [0.29, 0.717) is 28.0 Å². The Morgan fingerprint density at radius 3 is 2.50 bits per heavy atom. The average Bonchev–Trinajstić information content (AvgIpc) is 2.87. The fourth-order valence-electron chi connectivity index (χ4n) is 2.08. The summed E-state index contributed by atoms with van der Waals surface area (Å²) in [6, 6.07) is 9.14. The first-order chi connectivity index (χ1) is 9.65. The third-order valence-corrected chi connectivity index (χ3v) is 4.04. The maximum atomic E-state index is 6.16. The Morgan fingerprint density at radius 1 is 1.00 bits per heavy atom. The van der Waals surface area contributed by atoms with Crippen molar-refractivity contribution in [2.45, 2.75) is 12.8 Å². The second kappa shape index (κ2) is 5.60. The molecule has 3 nitrogen and oxygen atoms in total. The quantitative estimate of drug-likeness (QED) is 0.665. The first kappa shape index (κ1) is 13.7. The molecule has 0 radical (unpaired) electrons. The molecule has 0 unspecified atom stereocenters. The minimum absolute atomic E-state index is 0.542. The van der Waals surface area contributed by atoms with Gasteiger partial charge in [0.15, 0.2) is 5.65 Å². The highest BCUT2D eigenvalue weighted by Crippen LogP contribution is 2.25. The molecule has 2 aromatic heterocycles. The summed E-state index contributed by atoms with van der Waals surface area (Å²) in [6.45, 7) is 0. The van der Waals surface area contributed by atoms with E-state index < -0.39 is 0 Å². The van der Waals surface area contributed by atoms with Crippen molar-refractivity contribution in [3.05, 3.63) is 63.0 Å². The molecule has 0 saturated heterocycles. The highest BCUT2D eigenvalue weighted by molar-refractivity contribution is 6.36. The third-order valence-electron chi connectivity index (χ3n) is 3.06. The molecule has 102 valence electrons. The van der Waals surface area contributed by atoms with Crippen LogP contribution in [0.15, 0.2) is 36.5 Å². The smallest absolute Gasteiger partial charge is 0.156 e. The van der Waals surface area contributed by atoms with Gasteiger partial charge in [-0.1, -0.05) is 40.9 Å². The van der Waals surface area contributed by atoms with E-state index in [1.54, 1.807) is 10.7 Å². The van der Waals surface area contributed by atoms with Crippen LogP contribution in [-0.4, -0.2) is 14.6 Å². The number of halogens is 3. The molecule has 0 saturated carbocycles. The van der Waals surface area contributed by atoms with Crippen molar-refractivity contribution in [2.75, 3.05) is 0 Å². The van der Waals surface area contributed by atoms with Crippen molar-refractivity contribution in [3.63, 3.8) is 0 Å². The van der Waals surface area contributed by atoms with Gasteiger partial charge < -0.3 is 0 Å². The molecule has 0 aliphatic carbocycles. The first-order valence-electron chi connectivity index (χ1n) is 6.07. The molecule has 0 amide bonds. The lowest BCUT2D eigenvalue weighted by molar-refractivity contribution is 0.877. The molecule has 0 atom stereocenters. The molecule has 0 aliphatic rings. The van der Waals surface area contributed by atoms with Gasteiger partial charge in [-0.25, -0.2) is 9.50 Å². The molecule has 1 aromatic carbocycles. The molecule has 3 aromatic rings. The first-order valence-corrected chi connectivity index (χ1v) is 7.20. The summed E-state index contributed by atoms with van der Waals surface area (Å²) in [6.07, 6.45) is 3.10. The van der Waals surface area contributed by atoms with E-state index in [1.165, 1.54) is 0 Å². The van der Waals surface area contributed by atoms with E-state index in [2.05, 4.69) is 10.1 Å². The normalized spacial score (nSPS) is 11.2. The van der Waals surface area contributed by atoms with Gasteiger partial charge in [0.25, 0.3) is 0 Å². The Labute approximate surface area is 131 Å². The number of fused-ring (bicyclic) bond motifs is 1. The molecule has 6 heteroatoms. The molecule has 0 spiro atoms.